The zero-order chi connectivity index (χ0) is 19.4. The van der Waals surface area contributed by atoms with Crippen LogP contribution in [0.1, 0.15) is 6.92 Å². The van der Waals surface area contributed by atoms with Crippen LogP contribution in [0.15, 0.2) is 29.4 Å². The van der Waals surface area contributed by atoms with Gasteiger partial charge >= 0.3 is 6.09 Å². The number of rotatable bonds is 9. The molecule has 1 aromatic rings. The minimum atomic E-state index is -0.968. The van der Waals surface area contributed by atoms with Crippen LogP contribution in [0, 0.1) is 11.3 Å². The zero-order valence-corrected chi connectivity index (χ0v) is 14.4. The van der Waals surface area contributed by atoms with Crippen LogP contribution >= 0.6 is 0 Å². The molecule has 1 rings (SSSR count). The van der Waals surface area contributed by atoms with Crippen molar-refractivity contribution in [3.63, 3.8) is 0 Å². The number of likely N-dealkylation sites (N-methyl/N-ethyl adjacent to an activating group) is 1. The Hall–Kier alpha value is -3.61. The van der Waals surface area contributed by atoms with E-state index in [9.17, 15) is 14.4 Å². The molecule has 0 heterocycles. The summed E-state index contributed by atoms with van der Waals surface area (Å²) in [7, 11) is 1.84. The lowest BCUT2D eigenvalue weighted by molar-refractivity contribution is -0.128. The van der Waals surface area contributed by atoms with Crippen LogP contribution in [0.2, 0.25) is 0 Å². The summed E-state index contributed by atoms with van der Waals surface area (Å²) in [6.45, 7) is 2.87. The molecule has 0 aliphatic heterocycles. The number of alkyl carbamates (subject to hydrolysis) is 1. The Morgan fingerprint density at radius 2 is 2.04 bits per heavy atom. The smallest absolute Gasteiger partial charge is 0.414 e. The van der Waals surface area contributed by atoms with Gasteiger partial charge in [-0.05, 0) is 31.2 Å². The maximum absolute atomic E-state index is 11.7. The molecule has 10 nitrogen and oxygen atoms in total. The van der Waals surface area contributed by atoms with E-state index in [-0.39, 0.29) is 13.2 Å². The Labute approximate surface area is 150 Å². The van der Waals surface area contributed by atoms with E-state index in [1.54, 1.807) is 37.3 Å². The Morgan fingerprint density at radius 3 is 2.62 bits per heavy atom. The number of carbonyl (C=O) groups excluding carboxylic acids is 3. The van der Waals surface area contributed by atoms with E-state index in [1.807, 2.05) is 17.3 Å². The fourth-order valence-corrected chi connectivity index (χ4v) is 1.72. The third-order valence-corrected chi connectivity index (χ3v) is 3.03. The molecule has 10 heteroatoms. The molecular weight excluding hydrogens is 342 g/mol. The monoisotopic (exact) mass is 361 g/mol. The SMILES string of the molecule is CCOC(=O)NC(=O)/C(C#N)=N\Nc1ccc(N(C)CCOC=O)cc1. The van der Waals surface area contributed by atoms with Crippen molar-refractivity contribution in [2.75, 3.05) is 37.1 Å². The lowest BCUT2D eigenvalue weighted by Gasteiger charge is -2.18. The molecule has 0 saturated carbocycles. The molecule has 0 fully saturated rings. The summed E-state index contributed by atoms with van der Waals surface area (Å²) in [4.78, 5) is 34.9. The number of amides is 2. The topological polar surface area (TPSA) is 133 Å². The van der Waals surface area contributed by atoms with Crippen molar-refractivity contribution >= 4 is 35.6 Å². The Balaban J connectivity index is 2.65. The van der Waals surface area contributed by atoms with Crippen LogP contribution in [0.4, 0.5) is 16.2 Å². The van der Waals surface area contributed by atoms with Gasteiger partial charge in [-0.3, -0.25) is 20.3 Å². The van der Waals surface area contributed by atoms with Gasteiger partial charge in [0, 0.05) is 12.7 Å². The molecule has 2 N–H and O–H groups in total. The largest absolute Gasteiger partial charge is 0.466 e. The average molecular weight is 361 g/mol. The second-order valence-corrected chi connectivity index (χ2v) is 4.79. The molecule has 0 atom stereocenters. The zero-order valence-electron chi connectivity index (χ0n) is 14.4. The van der Waals surface area contributed by atoms with E-state index in [4.69, 9.17) is 5.26 Å². The number of imide groups is 1. The molecule has 0 spiro atoms. The van der Waals surface area contributed by atoms with Gasteiger partial charge in [-0.2, -0.15) is 10.4 Å². The molecule has 26 heavy (non-hydrogen) atoms. The average Bonchev–Trinajstić information content (AvgIpc) is 2.63. The number of hydrazone groups is 1. The number of carbonyl (C=O) groups is 3. The molecule has 0 aliphatic rings. The van der Waals surface area contributed by atoms with Gasteiger partial charge in [0.05, 0.1) is 18.8 Å². The van der Waals surface area contributed by atoms with Crippen molar-refractivity contribution in [3.05, 3.63) is 24.3 Å². The summed E-state index contributed by atoms with van der Waals surface area (Å²) in [5.41, 5.74) is 3.44. The number of nitrogens with zero attached hydrogens (tertiary/aromatic N) is 3. The van der Waals surface area contributed by atoms with Gasteiger partial charge in [0.2, 0.25) is 5.71 Å². The summed E-state index contributed by atoms with van der Waals surface area (Å²) < 4.78 is 9.19. The highest BCUT2D eigenvalue weighted by Crippen LogP contribution is 2.16. The van der Waals surface area contributed by atoms with Crippen LogP contribution in [0.3, 0.4) is 0 Å². The Kier molecular flexibility index (Phi) is 8.67. The Morgan fingerprint density at radius 1 is 1.35 bits per heavy atom. The number of hydrogen-bond donors (Lipinski definition) is 2. The first-order valence-corrected chi connectivity index (χ1v) is 7.60. The van der Waals surface area contributed by atoms with Crippen molar-refractivity contribution in [2.24, 2.45) is 5.10 Å². The molecule has 0 unspecified atom stereocenters. The normalized spacial score (nSPS) is 10.3. The minimum absolute atomic E-state index is 0.0957. The van der Waals surface area contributed by atoms with Crippen molar-refractivity contribution in [1.29, 1.82) is 5.26 Å². The Bertz CT molecular complexity index is 696. The van der Waals surface area contributed by atoms with Gasteiger partial charge in [-0.1, -0.05) is 0 Å². The molecule has 1 aromatic carbocycles. The summed E-state index contributed by atoms with van der Waals surface area (Å²) >= 11 is 0. The van der Waals surface area contributed by atoms with Crippen LogP contribution in [0.25, 0.3) is 0 Å². The van der Waals surface area contributed by atoms with Gasteiger partial charge in [0.25, 0.3) is 12.4 Å². The van der Waals surface area contributed by atoms with Crippen LogP contribution in [-0.4, -0.2) is 51.0 Å². The van der Waals surface area contributed by atoms with Gasteiger partial charge in [-0.25, -0.2) is 4.79 Å². The first kappa shape index (κ1) is 20.4. The van der Waals surface area contributed by atoms with Crippen LogP contribution < -0.4 is 15.6 Å². The van der Waals surface area contributed by atoms with E-state index in [2.05, 4.69) is 20.0 Å². The fourth-order valence-electron chi connectivity index (χ4n) is 1.72. The van der Waals surface area contributed by atoms with Crippen molar-refractivity contribution in [1.82, 2.24) is 5.32 Å². The predicted molar refractivity (Wildman–Crippen MR) is 93.6 cm³/mol. The minimum Gasteiger partial charge on any atom is -0.466 e. The fraction of sp³-hybridized carbons (Fsp3) is 0.312. The van der Waals surface area contributed by atoms with Crippen LogP contribution in [-0.2, 0) is 19.1 Å². The third kappa shape index (κ3) is 6.88. The number of nitriles is 1. The van der Waals surface area contributed by atoms with Gasteiger partial charge in [0.1, 0.15) is 12.7 Å². The van der Waals surface area contributed by atoms with Gasteiger partial charge in [0.15, 0.2) is 0 Å². The van der Waals surface area contributed by atoms with E-state index < -0.39 is 17.7 Å². The van der Waals surface area contributed by atoms with E-state index in [0.29, 0.717) is 18.7 Å². The molecule has 0 bridgehead atoms. The standard InChI is InChI=1S/C16H19N5O5/c1-3-26-16(24)18-15(23)14(10-17)20-19-12-4-6-13(7-5-12)21(2)8-9-25-11-22/h4-7,11,19H,3,8-9H2,1-2H3,(H,18,23,24)/b20-14-. The number of ether oxygens (including phenoxy) is 2. The number of anilines is 2. The second-order valence-electron chi connectivity index (χ2n) is 4.79. The predicted octanol–water partition coefficient (Wildman–Crippen LogP) is 0.860. The van der Waals surface area contributed by atoms with Gasteiger partial charge < -0.3 is 14.4 Å². The molecule has 2 amide bonds. The summed E-state index contributed by atoms with van der Waals surface area (Å²) in [5.74, 6) is -0.968. The molecule has 138 valence electrons. The lowest BCUT2D eigenvalue weighted by Crippen LogP contribution is -2.36. The third-order valence-electron chi connectivity index (χ3n) is 3.03. The van der Waals surface area contributed by atoms with E-state index >= 15 is 0 Å². The highest BCUT2D eigenvalue weighted by Gasteiger charge is 2.15. The number of benzene rings is 1. The summed E-state index contributed by atoms with van der Waals surface area (Å²) in [6.07, 6.45) is -0.952. The highest BCUT2D eigenvalue weighted by molar-refractivity contribution is 6.46. The highest BCUT2D eigenvalue weighted by atomic mass is 16.5. The number of hydrogen-bond acceptors (Lipinski definition) is 9. The van der Waals surface area contributed by atoms with Crippen molar-refractivity contribution in [3.8, 4) is 6.07 Å². The number of nitrogens with one attached hydrogen (secondary N) is 2. The maximum atomic E-state index is 11.7. The molecule has 0 saturated heterocycles. The second kappa shape index (κ2) is 11.0. The van der Waals surface area contributed by atoms with E-state index in [0.717, 1.165) is 5.69 Å². The van der Waals surface area contributed by atoms with E-state index in [1.165, 1.54) is 0 Å². The van der Waals surface area contributed by atoms with Crippen LogP contribution in [0.5, 0.6) is 0 Å². The molecule has 0 aromatic heterocycles. The lowest BCUT2D eigenvalue weighted by atomic mass is 10.2. The first-order valence-electron chi connectivity index (χ1n) is 7.60. The van der Waals surface area contributed by atoms with Crippen molar-refractivity contribution in [2.45, 2.75) is 6.92 Å². The summed E-state index contributed by atoms with van der Waals surface area (Å²) in [6, 6.07) is 8.53. The van der Waals surface area contributed by atoms with Gasteiger partial charge in [-0.15, -0.1) is 0 Å². The quantitative estimate of drug-likeness (QED) is 0.286. The first-order chi connectivity index (χ1) is 12.5. The van der Waals surface area contributed by atoms with Crippen molar-refractivity contribution < 1.29 is 23.9 Å². The molecule has 0 aliphatic carbocycles. The molecule has 0 radical (unpaired) electrons. The maximum Gasteiger partial charge on any atom is 0.414 e. The summed E-state index contributed by atoms with van der Waals surface area (Å²) in [5, 5.41) is 14.5. The molecular formula is C16H19N5O5.